The van der Waals surface area contributed by atoms with Crippen molar-refractivity contribution in [3.63, 3.8) is 0 Å². The molecule has 6 nitrogen and oxygen atoms in total. The fourth-order valence-corrected chi connectivity index (χ4v) is 2.00. The van der Waals surface area contributed by atoms with Gasteiger partial charge in [-0.3, -0.25) is 4.79 Å². The normalized spacial score (nSPS) is 16.8. The Morgan fingerprint density at radius 2 is 2.18 bits per heavy atom. The fraction of sp³-hybridized carbons (Fsp3) is 0.545. The smallest absolute Gasteiger partial charge is 0.221 e. The summed E-state index contributed by atoms with van der Waals surface area (Å²) in [7, 11) is 0. The first-order chi connectivity index (χ1) is 8.16. The van der Waals surface area contributed by atoms with E-state index in [1.54, 1.807) is 13.1 Å². The van der Waals surface area contributed by atoms with Crippen molar-refractivity contribution in [2.24, 2.45) is 0 Å². The highest BCUT2D eigenvalue weighted by Gasteiger charge is 2.17. The molecule has 17 heavy (non-hydrogen) atoms. The van der Waals surface area contributed by atoms with Crippen LogP contribution in [0.3, 0.4) is 0 Å². The number of nitrogens with two attached hydrogens (primary N) is 1. The first kappa shape index (κ1) is 11.6. The molecule has 1 amide bonds. The molecule has 0 spiro atoms. The van der Waals surface area contributed by atoms with Gasteiger partial charge in [-0.2, -0.15) is 4.98 Å². The van der Waals surface area contributed by atoms with Crippen molar-refractivity contribution in [3.8, 4) is 0 Å². The zero-order valence-electron chi connectivity index (χ0n) is 9.96. The highest BCUT2D eigenvalue weighted by molar-refractivity contribution is 5.73. The molecule has 0 aliphatic carbocycles. The molecule has 1 aromatic rings. The molecule has 0 radical (unpaired) electrons. The van der Waals surface area contributed by atoms with Gasteiger partial charge in [-0.25, -0.2) is 4.98 Å². The maximum Gasteiger partial charge on any atom is 0.221 e. The predicted molar refractivity (Wildman–Crippen MR) is 65.5 cm³/mol. The van der Waals surface area contributed by atoms with E-state index in [4.69, 9.17) is 5.73 Å². The maximum atomic E-state index is 11.3. The van der Waals surface area contributed by atoms with Gasteiger partial charge >= 0.3 is 0 Å². The average molecular weight is 235 g/mol. The van der Waals surface area contributed by atoms with Crippen LogP contribution in [-0.2, 0) is 4.79 Å². The van der Waals surface area contributed by atoms with Crippen molar-refractivity contribution in [1.82, 2.24) is 14.9 Å². The quantitative estimate of drug-likeness (QED) is 0.748. The van der Waals surface area contributed by atoms with Gasteiger partial charge in [-0.1, -0.05) is 0 Å². The van der Waals surface area contributed by atoms with Crippen LogP contribution < -0.4 is 10.6 Å². The third-order valence-corrected chi connectivity index (χ3v) is 2.92. The molecule has 0 bridgehead atoms. The van der Waals surface area contributed by atoms with Crippen molar-refractivity contribution in [1.29, 1.82) is 0 Å². The second-order valence-corrected chi connectivity index (χ2v) is 4.12. The monoisotopic (exact) mass is 235 g/mol. The molecule has 1 aliphatic heterocycles. The van der Waals surface area contributed by atoms with E-state index in [9.17, 15) is 4.79 Å². The molecule has 1 saturated heterocycles. The summed E-state index contributed by atoms with van der Waals surface area (Å²) in [6.07, 6.45) is 2.61. The predicted octanol–water partition coefficient (Wildman–Crippen LogP) is 0.117. The van der Waals surface area contributed by atoms with Gasteiger partial charge in [-0.05, 0) is 12.5 Å². The lowest BCUT2D eigenvalue weighted by atomic mass is 10.4. The van der Waals surface area contributed by atoms with Crippen LogP contribution in [-0.4, -0.2) is 47.0 Å². The van der Waals surface area contributed by atoms with Crippen molar-refractivity contribution in [2.75, 3.05) is 36.8 Å². The molecule has 1 aliphatic rings. The van der Waals surface area contributed by atoms with E-state index in [1.807, 2.05) is 11.0 Å². The van der Waals surface area contributed by atoms with Crippen LogP contribution in [0.1, 0.15) is 13.3 Å². The summed E-state index contributed by atoms with van der Waals surface area (Å²) in [6, 6.07) is 1.85. The summed E-state index contributed by atoms with van der Waals surface area (Å²) in [5, 5.41) is 0. The number of nitrogen functional groups attached to an aromatic ring is 1. The van der Waals surface area contributed by atoms with Gasteiger partial charge in [0.15, 0.2) is 0 Å². The van der Waals surface area contributed by atoms with Crippen LogP contribution in [0.5, 0.6) is 0 Å². The number of amides is 1. The minimum atomic E-state index is 0.133. The summed E-state index contributed by atoms with van der Waals surface area (Å²) < 4.78 is 0. The molecule has 0 saturated carbocycles. The van der Waals surface area contributed by atoms with Gasteiger partial charge in [0.2, 0.25) is 11.9 Å². The highest BCUT2D eigenvalue weighted by atomic mass is 16.2. The third kappa shape index (κ3) is 2.83. The van der Waals surface area contributed by atoms with Gasteiger partial charge in [0.25, 0.3) is 0 Å². The Morgan fingerprint density at radius 1 is 1.35 bits per heavy atom. The Morgan fingerprint density at radius 3 is 2.88 bits per heavy atom. The van der Waals surface area contributed by atoms with Gasteiger partial charge in [0.1, 0.15) is 5.82 Å². The van der Waals surface area contributed by atoms with Crippen molar-refractivity contribution < 1.29 is 4.79 Å². The molecule has 1 aromatic heterocycles. The van der Waals surface area contributed by atoms with E-state index < -0.39 is 0 Å². The van der Waals surface area contributed by atoms with Crippen LogP contribution in [0.15, 0.2) is 12.3 Å². The molecular formula is C11H17N5O. The summed E-state index contributed by atoms with van der Waals surface area (Å²) in [5.41, 5.74) is 5.57. The average Bonchev–Trinajstić information content (AvgIpc) is 2.54. The SMILES string of the molecule is CC(=O)N1CCCN(c2ccnc(N)n2)CC1. The topological polar surface area (TPSA) is 75.4 Å². The second kappa shape index (κ2) is 4.99. The van der Waals surface area contributed by atoms with E-state index >= 15 is 0 Å². The van der Waals surface area contributed by atoms with Crippen LogP contribution >= 0.6 is 0 Å². The molecule has 0 atom stereocenters. The van der Waals surface area contributed by atoms with E-state index in [1.165, 1.54) is 0 Å². The molecule has 92 valence electrons. The van der Waals surface area contributed by atoms with Crippen LogP contribution in [0.4, 0.5) is 11.8 Å². The largest absolute Gasteiger partial charge is 0.368 e. The number of nitrogens with zero attached hydrogens (tertiary/aromatic N) is 4. The number of hydrogen-bond donors (Lipinski definition) is 1. The Labute approximate surface area is 100 Å². The third-order valence-electron chi connectivity index (χ3n) is 2.92. The van der Waals surface area contributed by atoms with Crippen molar-refractivity contribution >= 4 is 17.7 Å². The van der Waals surface area contributed by atoms with Gasteiger partial charge in [0.05, 0.1) is 0 Å². The van der Waals surface area contributed by atoms with E-state index in [2.05, 4.69) is 14.9 Å². The zero-order chi connectivity index (χ0) is 12.3. The first-order valence-electron chi connectivity index (χ1n) is 5.76. The maximum absolute atomic E-state index is 11.3. The molecule has 2 heterocycles. The van der Waals surface area contributed by atoms with E-state index in [0.717, 1.165) is 38.4 Å². The molecule has 6 heteroatoms. The number of rotatable bonds is 1. The Hall–Kier alpha value is -1.85. The van der Waals surface area contributed by atoms with Crippen molar-refractivity contribution in [2.45, 2.75) is 13.3 Å². The number of carbonyl (C=O) groups is 1. The number of aromatic nitrogens is 2. The standard InChI is InChI=1S/C11H17N5O/c1-9(17)15-5-2-6-16(8-7-15)10-3-4-13-11(12)14-10/h3-4H,2,5-8H2,1H3,(H2,12,13,14). The highest BCUT2D eigenvalue weighted by Crippen LogP contribution is 2.13. The summed E-state index contributed by atoms with van der Waals surface area (Å²) in [5.74, 6) is 1.26. The number of carbonyl (C=O) groups excluding carboxylic acids is 1. The lowest BCUT2D eigenvalue weighted by Gasteiger charge is -2.22. The minimum Gasteiger partial charge on any atom is -0.368 e. The molecule has 1 fully saturated rings. The number of hydrogen-bond acceptors (Lipinski definition) is 5. The summed E-state index contributed by atoms with van der Waals surface area (Å²) in [6.45, 7) is 4.83. The zero-order valence-corrected chi connectivity index (χ0v) is 9.96. The molecule has 0 aromatic carbocycles. The van der Waals surface area contributed by atoms with Crippen LogP contribution in [0.2, 0.25) is 0 Å². The van der Waals surface area contributed by atoms with Gasteiger partial charge < -0.3 is 15.5 Å². The summed E-state index contributed by atoms with van der Waals surface area (Å²) in [4.78, 5) is 23.4. The van der Waals surface area contributed by atoms with Crippen LogP contribution in [0.25, 0.3) is 0 Å². The van der Waals surface area contributed by atoms with E-state index in [-0.39, 0.29) is 11.9 Å². The molecule has 2 rings (SSSR count). The number of anilines is 2. The van der Waals surface area contributed by atoms with Crippen LogP contribution in [0, 0.1) is 0 Å². The fourth-order valence-electron chi connectivity index (χ4n) is 2.00. The lowest BCUT2D eigenvalue weighted by Crippen LogP contribution is -2.33. The minimum absolute atomic E-state index is 0.133. The first-order valence-corrected chi connectivity index (χ1v) is 5.76. The van der Waals surface area contributed by atoms with Gasteiger partial charge in [-0.15, -0.1) is 0 Å². The van der Waals surface area contributed by atoms with Gasteiger partial charge in [0, 0.05) is 39.3 Å². The van der Waals surface area contributed by atoms with E-state index in [0.29, 0.717) is 0 Å². The Kier molecular flexibility index (Phi) is 3.41. The molecular weight excluding hydrogens is 218 g/mol. The molecule has 0 unspecified atom stereocenters. The second-order valence-electron chi connectivity index (χ2n) is 4.12. The Balaban J connectivity index is 2.06. The van der Waals surface area contributed by atoms with Crippen molar-refractivity contribution in [3.05, 3.63) is 12.3 Å². The Bertz CT molecular complexity index is 409. The lowest BCUT2D eigenvalue weighted by molar-refractivity contribution is -0.128. The summed E-state index contributed by atoms with van der Waals surface area (Å²) >= 11 is 0. The molecule has 2 N–H and O–H groups in total.